The van der Waals surface area contributed by atoms with Gasteiger partial charge >= 0.3 is 0 Å². The maximum atomic E-state index is 12.6. The Bertz CT molecular complexity index is 560. The first-order valence-electron chi connectivity index (χ1n) is 6.00. The van der Waals surface area contributed by atoms with Crippen LogP contribution in [0, 0.1) is 0 Å². The van der Waals surface area contributed by atoms with Crippen molar-refractivity contribution in [3.63, 3.8) is 0 Å². The summed E-state index contributed by atoms with van der Waals surface area (Å²) < 4.78 is 31.9. The molecule has 0 aliphatic carbocycles. The van der Waals surface area contributed by atoms with Gasteiger partial charge in [-0.25, -0.2) is 8.42 Å². The van der Waals surface area contributed by atoms with Crippen molar-refractivity contribution in [3.05, 3.63) is 18.2 Å². The van der Waals surface area contributed by atoms with Crippen molar-refractivity contribution >= 4 is 27.5 Å². The van der Waals surface area contributed by atoms with Gasteiger partial charge < -0.3 is 10.5 Å². The van der Waals surface area contributed by atoms with Crippen molar-refractivity contribution in [2.75, 3.05) is 31.7 Å². The molecule has 0 radical (unpaired) electrons. The number of nitrogens with zero attached hydrogens (tertiary/aromatic N) is 1. The fraction of sp³-hybridized carbons (Fsp3) is 0.500. The minimum Gasteiger partial charge on any atom is -0.495 e. The standard InChI is InChI=1S/C12H18N2O3S2/c1-9-8-14(5-6-18-9)19(15,16)12-7-10(13)3-4-11(12)17-2/h3-4,7,9H,5-6,8,13H2,1-2H3. The van der Waals surface area contributed by atoms with Gasteiger partial charge in [0.05, 0.1) is 7.11 Å². The molecular formula is C12H18N2O3S2. The number of nitrogens with two attached hydrogens (primary N) is 1. The second-order valence-corrected chi connectivity index (χ2v) is 7.91. The molecule has 1 heterocycles. The first-order valence-corrected chi connectivity index (χ1v) is 8.49. The van der Waals surface area contributed by atoms with Gasteiger partial charge in [-0.05, 0) is 18.2 Å². The summed E-state index contributed by atoms with van der Waals surface area (Å²) in [5, 5.41) is 0.301. The number of nitrogen functional groups attached to an aromatic ring is 1. The molecule has 7 heteroatoms. The molecule has 19 heavy (non-hydrogen) atoms. The molecule has 106 valence electrons. The molecular weight excluding hydrogens is 284 g/mol. The number of hydrogen-bond donors (Lipinski definition) is 1. The van der Waals surface area contributed by atoms with Gasteiger partial charge in [-0.1, -0.05) is 6.92 Å². The lowest BCUT2D eigenvalue weighted by atomic mass is 10.3. The van der Waals surface area contributed by atoms with E-state index in [1.54, 1.807) is 23.9 Å². The van der Waals surface area contributed by atoms with Gasteiger partial charge in [-0.2, -0.15) is 16.1 Å². The number of thioether (sulfide) groups is 1. The van der Waals surface area contributed by atoms with Crippen molar-refractivity contribution in [3.8, 4) is 5.75 Å². The Hall–Kier alpha value is -0.920. The zero-order chi connectivity index (χ0) is 14.0. The highest BCUT2D eigenvalue weighted by atomic mass is 32.2. The van der Waals surface area contributed by atoms with E-state index in [9.17, 15) is 8.42 Å². The largest absolute Gasteiger partial charge is 0.495 e. The summed E-state index contributed by atoms with van der Waals surface area (Å²) in [7, 11) is -2.09. The average Bonchev–Trinajstić information content (AvgIpc) is 2.38. The first-order chi connectivity index (χ1) is 8.95. The Morgan fingerprint density at radius 2 is 2.21 bits per heavy atom. The number of anilines is 1. The highest BCUT2D eigenvalue weighted by Crippen LogP contribution is 2.31. The van der Waals surface area contributed by atoms with E-state index in [-0.39, 0.29) is 4.90 Å². The molecule has 1 aromatic rings. The Balaban J connectivity index is 2.41. The molecule has 1 aromatic carbocycles. The molecule has 0 aromatic heterocycles. The first kappa shape index (κ1) is 14.5. The van der Waals surface area contributed by atoms with E-state index in [1.807, 2.05) is 6.92 Å². The fourth-order valence-electron chi connectivity index (χ4n) is 2.04. The number of rotatable bonds is 3. The van der Waals surface area contributed by atoms with Gasteiger partial charge in [0.1, 0.15) is 10.6 Å². The molecule has 1 unspecified atom stereocenters. The van der Waals surface area contributed by atoms with E-state index in [1.165, 1.54) is 17.5 Å². The zero-order valence-corrected chi connectivity index (χ0v) is 12.6. The van der Waals surface area contributed by atoms with Crippen LogP contribution in [0.5, 0.6) is 5.75 Å². The van der Waals surface area contributed by atoms with Crippen LogP contribution in [0.2, 0.25) is 0 Å². The lowest BCUT2D eigenvalue weighted by Crippen LogP contribution is -2.41. The van der Waals surface area contributed by atoms with E-state index in [4.69, 9.17) is 10.5 Å². The molecule has 0 saturated carbocycles. The fourth-order valence-corrected chi connectivity index (χ4v) is 4.98. The molecule has 0 spiro atoms. The number of sulfonamides is 1. The van der Waals surface area contributed by atoms with Crippen molar-refractivity contribution in [1.82, 2.24) is 4.31 Å². The van der Waals surface area contributed by atoms with Gasteiger partial charge in [0.15, 0.2) is 0 Å². The molecule has 0 bridgehead atoms. The second-order valence-electron chi connectivity index (χ2n) is 4.45. The van der Waals surface area contributed by atoms with E-state index in [0.29, 0.717) is 29.8 Å². The molecule has 0 amide bonds. The summed E-state index contributed by atoms with van der Waals surface area (Å²) >= 11 is 1.78. The summed E-state index contributed by atoms with van der Waals surface area (Å²) in [4.78, 5) is 0.147. The highest BCUT2D eigenvalue weighted by Gasteiger charge is 2.31. The van der Waals surface area contributed by atoms with Crippen molar-refractivity contribution in [2.24, 2.45) is 0 Å². The van der Waals surface area contributed by atoms with Crippen LogP contribution in [-0.2, 0) is 10.0 Å². The third-order valence-corrected chi connectivity index (χ3v) is 6.03. The van der Waals surface area contributed by atoms with Crippen molar-refractivity contribution in [2.45, 2.75) is 17.1 Å². The van der Waals surface area contributed by atoms with Gasteiger partial charge in [0.25, 0.3) is 0 Å². The maximum Gasteiger partial charge on any atom is 0.246 e. The Labute approximate surface area is 118 Å². The number of methoxy groups -OCH3 is 1. The van der Waals surface area contributed by atoms with E-state index >= 15 is 0 Å². The summed E-state index contributed by atoms with van der Waals surface area (Å²) in [6, 6.07) is 4.68. The van der Waals surface area contributed by atoms with E-state index < -0.39 is 10.0 Å². The average molecular weight is 302 g/mol. The minimum absolute atomic E-state index is 0.147. The van der Waals surface area contributed by atoms with Crippen LogP contribution in [0.15, 0.2) is 23.1 Å². The molecule has 1 atom stereocenters. The zero-order valence-electron chi connectivity index (χ0n) is 11.0. The van der Waals surface area contributed by atoms with Gasteiger partial charge in [0, 0.05) is 29.8 Å². The maximum absolute atomic E-state index is 12.6. The van der Waals surface area contributed by atoms with Gasteiger partial charge in [0.2, 0.25) is 10.0 Å². The van der Waals surface area contributed by atoms with Crippen molar-refractivity contribution in [1.29, 1.82) is 0 Å². The predicted octanol–water partition coefficient (Wildman–Crippen LogP) is 1.40. The van der Waals surface area contributed by atoms with Crippen molar-refractivity contribution < 1.29 is 13.2 Å². The van der Waals surface area contributed by atoms with Gasteiger partial charge in [-0.15, -0.1) is 0 Å². The lowest BCUT2D eigenvalue weighted by molar-refractivity contribution is 0.392. The minimum atomic E-state index is -3.55. The Morgan fingerprint density at radius 3 is 2.84 bits per heavy atom. The molecule has 5 nitrogen and oxygen atoms in total. The number of hydrogen-bond acceptors (Lipinski definition) is 5. The quantitative estimate of drug-likeness (QED) is 0.855. The Kier molecular flexibility index (Phi) is 4.27. The number of benzene rings is 1. The van der Waals surface area contributed by atoms with Crippen LogP contribution in [0.1, 0.15) is 6.92 Å². The topological polar surface area (TPSA) is 72.6 Å². The highest BCUT2D eigenvalue weighted by molar-refractivity contribution is 8.00. The van der Waals surface area contributed by atoms with Crippen LogP contribution in [-0.4, -0.2) is 43.9 Å². The molecule has 1 fully saturated rings. The summed E-state index contributed by atoms with van der Waals surface area (Å²) in [6.45, 7) is 3.07. The number of ether oxygens (including phenoxy) is 1. The van der Waals surface area contributed by atoms with Crippen LogP contribution < -0.4 is 10.5 Å². The van der Waals surface area contributed by atoms with Crippen LogP contribution in [0.4, 0.5) is 5.69 Å². The summed E-state index contributed by atoms with van der Waals surface area (Å²) in [5.74, 6) is 1.14. The summed E-state index contributed by atoms with van der Waals surface area (Å²) in [5.41, 5.74) is 6.11. The van der Waals surface area contributed by atoms with E-state index in [2.05, 4.69) is 0 Å². The molecule has 2 rings (SSSR count). The van der Waals surface area contributed by atoms with E-state index in [0.717, 1.165) is 5.75 Å². The normalized spacial score (nSPS) is 21.3. The second kappa shape index (κ2) is 5.60. The van der Waals surface area contributed by atoms with Crippen LogP contribution in [0.3, 0.4) is 0 Å². The summed E-state index contributed by atoms with van der Waals surface area (Å²) in [6.07, 6.45) is 0. The predicted molar refractivity (Wildman–Crippen MR) is 78.1 cm³/mol. The molecule has 1 saturated heterocycles. The van der Waals surface area contributed by atoms with Gasteiger partial charge in [-0.3, -0.25) is 0 Å². The third-order valence-electron chi connectivity index (χ3n) is 3.01. The van der Waals surface area contributed by atoms with Crippen LogP contribution >= 0.6 is 11.8 Å². The lowest BCUT2D eigenvalue weighted by Gasteiger charge is -2.30. The SMILES string of the molecule is COc1ccc(N)cc1S(=O)(=O)N1CCSC(C)C1. The molecule has 1 aliphatic heterocycles. The molecule has 2 N–H and O–H groups in total. The molecule has 1 aliphatic rings. The van der Waals surface area contributed by atoms with Crippen LogP contribution in [0.25, 0.3) is 0 Å². The smallest absolute Gasteiger partial charge is 0.246 e. The Morgan fingerprint density at radius 1 is 1.47 bits per heavy atom. The monoisotopic (exact) mass is 302 g/mol. The third kappa shape index (κ3) is 2.98.